The lowest BCUT2D eigenvalue weighted by molar-refractivity contribution is 0.415. The maximum absolute atomic E-state index is 5.21. The van der Waals surface area contributed by atoms with Gasteiger partial charge in [0.1, 0.15) is 5.75 Å². The van der Waals surface area contributed by atoms with E-state index in [9.17, 15) is 0 Å². The molecule has 0 fully saturated rings. The van der Waals surface area contributed by atoms with Crippen LogP contribution in [-0.2, 0) is 6.42 Å². The van der Waals surface area contributed by atoms with Crippen LogP contribution in [0.3, 0.4) is 0 Å². The van der Waals surface area contributed by atoms with Crippen molar-refractivity contribution in [3.8, 4) is 5.75 Å². The van der Waals surface area contributed by atoms with Crippen LogP contribution in [-0.4, -0.2) is 13.7 Å². The molecule has 0 radical (unpaired) electrons. The van der Waals surface area contributed by atoms with Crippen molar-refractivity contribution in [1.82, 2.24) is 0 Å². The van der Waals surface area contributed by atoms with Gasteiger partial charge in [0, 0.05) is 18.3 Å². The van der Waals surface area contributed by atoms with Crippen molar-refractivity contribution in [2.24, 2.45) is 5.92 Å². The highest BCUT2D eigenvalue weighted by Crippen LogP contribution is 2.27. The Hall–Kier alpha value is -1.18. The Balaban J connectivity index is 2.31. The standard InChI is InChI=1S/C12H17NO/c1-9-5-6-13-12-8-11(14-2)4-3-10(12)7-9/h3-4,8-9,13H,5-7H2,1-2H3. The predicted molar refractivity (Wildman–Crippen MR) is 59.0 cm³/mol. The lowest BCUT2D eigenvalue weighted by Crippen LogP contribution is -2.02. The van der Waals surface area contributed by atoms with Crippen molar-refractivity contribution >= 4 is 5.69 Å². The molecule has 2 nitrogen and oxygen atoms in total. The first-order valence-corrected chi connectivity index (χ1v) is 5.20. The number of fused-ring (bicyclic) bond motifs is 1. The van der Waals surface area contributed by atoms with E-state index in [4.69, 9.17) is 4.74 Å². The molecule has 0 spiro atoms. The molecule has 1 aromatic carbocycles. The van der Waals surface area contributed by atoms with E-state index in [2.05, 4.69) is 24.4 Å². The van der Waals surface area contributed by atoms with E-state index in [0.717, 1.165) is 18.2 Å². The molecule has 0 aromatic heterocycles. The molecule has 0 amide bonds. The molecule has 1 aromatic rings. The quantitative estimate of drug-likeness (QED) is 0.737. The maximum Gasteiger partial charge on any atom is 0.120 e. The van der Waals surface area contributed by atoms with Gasteiger partial charge in [0.2, 0.25) is 0 Å². The normalized spacial score (nSPS) is 20.6. The topological polar surface area (TPSA) is 21.3 Å². The Labute approximate surface area is 85.3 Å². The first-order valence-electron chi connectivity index (χ1n) is 5.20. The van der Waals surface area contributed by atoms with Gasteiger partial charge in [-0.05, 0) is 30.4 Å². The van der Waals surface area contributed by atoms with E-state index in [0.29, 0.717) is 0 Å². The zero-order chi connectivity index (χ0) is 9.97. The van der Waals surface area contributed by atoms with Gasteiger partial charge < -0.3 is 10.1 Å². The Morgan fingerprint density at radius 3 is 3.07 bits per heavy atom. The molecule has 0 aliphatic carbocycles. The van der Waals surface area contributed by atoms with Crippen LogP contribution in [0, 0.1) is 5.92 Å². The number of anilines is 1. The SMILES string of the molecule is COc1ccc2c(c1)NCCC(C)C2. The molecule has 1 N–H and O–H groups in total. The molecule has 2 heteroatoms. The van der Waals surface area contributed by atoms with Gasteiger partial charge in [-0.2, -0.15) is 0 Å². The molecule has 1 aliphatic rings. The van der Waals surface area contributed by atoms with E-state index in [-0.39, 0.29) is 0 Å². The average molecular weight is 191 g/mol. The summed E-state index contributed by atoms with van der Waals surface area (Å²) in [5, 5.41) is 3.45. The summed E-state index contributed by atoms with van der Waals surface area (Å²) in [6.07, 6.45) is 2.42. The molecule has 0 saturated carbocycles. The van der Waals surface area contributed by atoms with Gasteiger partial charge in [-0.3, -0.25) is 0 Å². The molecule has 0 bridgehead atoms. The largest absolute Gasteiger partial charge is 0.497 e. The number of rotatable bonds is 1. The van der Waals surface area contributed by atoms with Crippen molar-refractivity contribution in [1.29, 1.82) is 0 Å². The van der Waals surface area contributed by atoms with Crippen LogP contribution < -0.4 is 10.1 Å². The Kier molecular flexibility index (Phi) is 2.62. The monoisotopic (exact) mass is 191 g/mol. The van der Waals surface area contributed by atoms with Crippen molar-refractivity contribution < 1.29 is 4.74 Å². The molecular formula is C12H17NO. The summed E-state index contributed by atoms with van der Waals surface area (Å²) in [7, 11) is 1.71. The van der Waals surface area contributed by atoms with Crippen molar-refractivity contribution in [3.05, 3.63) is 23.8 Å². The third-order valence-electron chi connectivity index (χ3n) is 2.84. The molecule has 76 valence electrons. The fraction of sp³-hybridized carbons (Fsp3) is 0.500. The van der Waals surface area contributed by atoms with Crippen molar-refractivity contribution in [2.45, 2.75) is 19.8 Å². The lowest BCUT2D eigenvalue weighted by atomic mass is 9.99. The second-order valence-electron chi connectivity index (χ2n) is 4.05. The zero-order valence-electron chi connectivity index (χ0n) is 8.84. The predicted octanol–water partition coefficient (Wildman–Crippen LogP) is 2.69. The minimum absolute atomic E-state index is 0.775. The van der Waals surface area contributed by atoms with Crippen LogP contribution in [0.2, 0.25) is 0 Å². The van der Waals surface area contributed by atoms with E-state index in [1.54, 1.807) is 7.11 Å². The van der Waals surface area contributed by atoms with Crippen molar-refractivity contribution in [2.75, 3.05) is 19.0 Å². The van der Waals surface area contributed by atoms with Gasteiger partial charge in [-0.15, -0.1) is 0 Å². The summed E-state index contributed by atoms with van der Waals surface area (Å²) in [5.41, 5.74) is 2.66. The third kappa shape index (κ3) is 1.84. The maximum atomic E-state index is 5.21. The number of benzene rings is 1. The summed E-state index contributed by atoms with van der Waals surface area (Å²) >= 11 is 0. The minimum atomic E-state index is 0.775. The zero-order valence-corrected chi connectivity index (χ0v) is 8.84. The number of ether oxygens (including phenoxy) is 1. The number of hydrogen-bond acceptors (Lipinski definition) is 2. The first kappa shape index (κ1) is 9.38. The molecular weight excluding hydrogens is 174 g/mol. The van der Waals surface area contributed by atoms with Gasteiger partial charge >= 0.3 is 0 Å². The van der Waals surface area contributed by atoms with E-state index >= 15 is 0 Å². The van der Waals surface area contributed by atoms with Crippen LogP contribution in [0.1, 0.15) is 18.9 Å². The number of hydrogen-bond donors (Lipinski definition) is 1. The summed E-state index contributed by atoms with van der Waals surface area (Å²) in [5.74, 6) is 1.71. The highest BCUT2D eigenvalue weighted by Gasteiger charge is 2.12. The van der Waals surface area contributed by atoms with Crippen LogP contribution in [0.25, 0.3) is 0 Å². The van der Waals surface area contributed by atoms with Crippen molar-refractivity contribution in [3.63, 3.8) is 0 Å². The van der Waals surface area contributed by atoms with E-state index in [1.165, 1.54) is 24.1 Å². The van der Waals surface area contributed by atoms with Crippen LogP contribution in [0.4, 0.5) is 5.69 Å². The van der Waals surface area contributed by atoms with Crippen LogP contribution >= 0.6 is 0 Å². The van der Waals surface area contributed by atoms with Crippen LogP contribution in [0.15, 0.2) is 18.2 Å². The van der Waals surface area contributed by atoms with Gasteiger partial charge in [0.05, 0.1) is 7.11 Å². The molecule has 0 saturated heterocycles. The van der Waals surface area contributed by atoms with Gasteiger partial charge in [-0.25, -0.2) is 0 Å². The smallest absolute Gasteiger partial charge is 0.120 e. The molecule has 1 aliphatic heterocycles. The van der Waals surface area contributed by atoms with Crippen LogP contribution in [0.5, 0.6) is 5.75 Å². The fourth-order valence-electron chi connectivity index (χ4n) is 1.96. The molecule has 2 rings (SSSR count). The van der Waals surface area contributed by atoms with Gasteiger partial charge in [0.25, 0.3) is 0 Å². The molecule has 1 atom stereocenters. The lowest BCUT2D eigenvalue weighted by Gasteiger charge is -2.09. The van der Waals surface area contributed by atoms with E-state index in [1.807, 2.05) is 6.07 Å². The summed E-state index contributed by atoms with van der Waals surface area (Å²) in [6, 6.07) is 6.30. The Bertz CT molecular complexity index is 322. The first-order chi connectivity index (χ1) is 6.79. The minimum Gasteiger partial charge on any atom is -0.497 e. The average Bonchev–Trinajstić information content (AvgIpc) is 2.37. The number of methoxy groups -OCH3 is 1. The third-order valence-corrected chi connectivity index (χ3v) is 2.84. The highest BCUT2D eigenvalue weighted by molar-refractivity contribution is 5.56. The van der Waals surface area contributed by atoms with E-state index < -0.39 is 0 Å². The summed E-state index contributed by atoms with van der Waals surface area (Å²) in [4.78, 5) is 0. The second kappa shape index (κ2) is 3.91. The van der Waals surface area contributed by atoms with Gasteiger partial charge in [0.15, 0.2) is 0 Å². The highest BCUT2D eigenvalue weighted by atomic mass is 16.5. The fourth-order valence-corrected chi connectivity index (χ4v) is 1.96. The molecule has 1 unspecified atom stereocenters. The summed E-state index contributed by atoms with van der Waals surface area (Å²) < 4.78 is 5.21. The number of nitrogens with one attached hydrogen (secondary N) is 1. The molecule has 14 heavy (non-hydrogen) atoms. The molecule has 1 heterocycles. The summed E-state index contributed by atoms with van der Waals surface area (Å²) in [6.45, 7) is 3.38. The Morgan fingerprint density at radius 1 is 1.43 bits per heavy atom. The second-order valence-corrected chi connectivity index (χ2v) is 4.05. The Morgan fingerprint density at radius 2 is 2.29 bits per heavy atom. The van der Waals surface area contributed by atoms with Gasteiger partial charge in [-0.1, -0.05) is 13.0 Å².